The summed E-state index contributed by atoms with van der Waals surface area (Å²) in [5.74, 6) is 0. The Bertz CT molecular complexity index is 453. The Kier molecular flexibility index (Phi) is 3.22. The molecular weight excluding hydrogens is 220 g/mol. The van der Waals surface area contributed by atoms with E-state index in [2.05, 4.69) is 4.98 Å². The summed E-state index contributed by atoms with van der Waals surface area (Å²) in [6.45, 7) is 1.72. The zero-order valence-electron chi connectivity index (χ0n) is 9.29. The number of thiazole rings is 1. The van der Waals surface area contributed by atoms with Gasteiger partial charge in [0.25, 0.3) is 0 Å². The van der Waals surface area contributed by atoms with Gasteiger partial charge in [-0.2, -0.15) is 0 Å². The van der Waals surface area contributed by atoms with Crippen molar-refractivity contribution >= 4 is 22.2 Å². The van der Waals surface area contributed by atoms with Crippen LogP contribution in [0.15, 0.2) is 35.7 Å². The Balaban J connectivity index is 2.24. The van der Waals surface area contributed by atoms with Gasteiger partial charge in [-0.1, -0.05) is 18.2 Å². The van der Waals surface area contributed by atoms with E-state index in [1.54, 1.807) is 6.92 Å². The molecule has 0 radical (unpaired) electrons. The first-order chi connectivity index (χ1) is 7.68. The van der Waals surface area contributed by atoms with E-state index in [1.807, 2.05) is 47.7 Å². The number of hydrogen-bond donors (Lipinski definition) is 1. The minimum atomic E-state index is -0.505. The number of aliphatic hydroxyl groups excluding tert-OH is 1. The topological polar surface area (TPSA) is 36.4 Å². The predicted octanol–water partition coefficient (Wildman–Crippen LogP) is 2.96. The number of aliphatic hydroxyl groups is 1. The second-order valence-electron chi connectivity index (χ2n) is 3.63. The van der Waals surface area contributed by atoms with Crippen molar-refractivity contribution in [2.45, 2.75) is 13.0 Å². The molecule has 1 aromatic heterocycles. The Labute approximate surface area is 99.0 Å². The van der Waals surface area contributed by atoms with Gasteiger partial charge in [0.2, 0.25) is 0 Å². The molecule has 4 heteroatoms. The largest absolute Gasteiger partial charge is 0.387 e. The quantitative estimate of drug-likeness (QED) is 0.887. The lowest BCUT2D eigenvalue weighted by Crippen LogP contribution is -2.09. The van der Waals surface area contributed by atoms with Crippen molar-refractivity contribution in [1.82, 2.24) is 4.98 Å². The Morgan fingerprint density at radius 2 is 2.00 bits per heavy atom. The first-order valence-electron chi connectivity index (χ1n) is 5.11. The number of hydrogen-bond acceptors (Lipinski definition) is 4. The van der Waals surface area contributed by atoms with Gasteiger partial charge in [-0.25, -0.2) is 4.98 Å². The molecule has 2 aromatic rings. The molecule has 0 aliphatic carbocycles. The standard InChI is InChI=1S/C12H14N2OS/c1-9(15)11-8-16-12(13-11)14(2)10-6-4-3-5-7-10/h3-9,15H,1-2H3. The molecule has 16 heavy (non-hydrogen) atoms. The van der Waals surface area contributed by atoms with Gasteiger partial charge in [0.05, 0.1) is 11.8 Å². The molecule has 0 saturated heterocycles. The number of rotatable bonds is 3. The van der Waals surface area contributed by atoms with Gasteiger partial charge in [-0.05, 0) is 19.1 Å². The van der Waals surface area contributed by atoms with Crippen molar-refractivity contribution in [3.8, 4) is 0 Å². The summed E-state index contributed by atoms with van der Waals surface area (Å²) in [4.78, 5) is 6.39. The molecule has 1 unspecified atom stereocenters. The third-order valence-electron chi connectivity index (χ3n) is 2.37. The van der Waals surface area contributed by atoms with Crippen LogP contribution in [0.2, 0.25) is 0 Å². The van der Waals surface area contributed by atoms with E-state index in [-0.39, 0.29) is 0 Å². The fourth-order valence-electron chi connectivity index (χ4n) is 1.38. The van der Waals surface area contributed by atoms with E-state index in [0.717, 1.165) is 16.5 Å². The summed E-state index contributed by atoms with van der Waals surface area (Å²) in [5.41, 5.74) is 1.82. The molecule has 0 fully saturated rings. The molecule has 3 nitrogen and oxygen atoms in total. The van der Waals surface area contributed by atoms with Gasteiger partial charge < -0.3 is 10.0 Å². The maximum absolute atomic E-state index is 9.42. The van der Waals surface area contributed by atoms with Crippen molar-refractivity contribution < 1.29 is 5.11 Å². The van der Waals surface area contributed by atoms with Crippen LogP contribution in [0, 0.1) is 0 Å². The Hall–Kier alpha value is -1.39. The molecule has 0 bridgehead atoms. The lowest BCUT2D eigenvalue weighted by atomic mass is 10.3. The molecule has 1 N–H and O–H groups in total. The van der Waals surface area contributed by atoms with Gasteiger partial charge in [0, 0.05) is 18.1 Å². The van der Waals surface area contributed by atoms with Crippen LogP contribution in [0.5, 0.6) is 0 Å². The van der Waals surface area contributed by atoms with E-state index in [9.17, 15) is 5.11 Å². The summed E-state index contributed by atoms with van der Waals surface area (Å²) < 4.78 is 0. The zero-order chi connectivity index (χ0) is 11.5. The molecule has 2 rings (SSSR count). The van der Waals surface area contributed by atoms with Crippen LogP contribution >= 0.6 is 11.3 Å². The van der Waals surface area contributed by atoms with Crippen LogP contribution in [0.25, 0.3) is 0 Å². The average Bonchev–Trinajstić information content (AvgIpc) is 2.78. The number of aromatic nitrogens is 1. The molecule has 0 aliphatic heterocycles. The third kappa shape index (κ3) is 2.23. The molecular formula is C12H14N2OS. The first kappa shape index (κ1) is 11.1. The maximum Gasteiger partial charge on any atom is 0.189 e. The van der Waals surface area contributed by atoms with Crippen molar-refractivity contribution in [1.29, 1.82) is 0 Å². The van der Waals surface area contributed by atoms with Crippen molar-refractivity contribution in [3.63, 3.8) is 0 Å². The van der Waals surface area contributed by atoms with Gasteiger partial charge in [-0.15, -0.1) is 11.3 Å². The molecule has 0 amide bonds. The van der Waals surface area contributed by atoms with Crippen LogP contribution in [0.1, 0.15) is 18.7 Å². The Morgan fingerprint density at radius 3 is 2.56 bits per heavy atom. The monoisotopic (exact) mass is 234 g/mol. The number of benzene rings is 1. The van der Waals surface area contributed by atoms with E-state index in [0.29, 0.717) is 0 Å². The van der Waals surface area contributed by atoms with Crippen LogP contribution in [-0.4, -0.2) is 17.1 Å². The van der Waals surface area contributed by atoms with Crippen LogP contribution in [0.4, 0.5) is 10.8 Å². The van der Waals surface area contributed by atoms with Crippen molar-refractivity contribution in [2.24, 2.45) is 0 Å². The SMILES string of the molecule is CC(O)c1csc(N(C)c2ccccc2)n1. The van der Waals surface area contributed by atoms with Crippen LogP contribution in [-0.2, 0) is 0 Å². The zero-order valence-corrected chi connectivity index (χ0v) is 10.1. The van der Waals surface area contributed by atoms with Crippen molar-refractivity contribution in [3.05, 3.63) is 41.4 Å². The number of para-hydroxylation sites is 1. The maximum atomic E-state index is 9.42. The number of nitrogens with zero attached hydrogens (tertiary/aromatic N) is 2. The highest BCUT2D eigenvalue weighted by Crippen LogP contribution is 2.28. The highest BCUT2D eigenvalue weighted by Gasteiger charge is 2.10. The highest BCUT2D eigenvalue weighted by molar-refractivity contribution is 7.13. The van der Waals surface area contributed by atoms with Gasteiger partial charge in [0.1, 0.15) is 0 Å². The fourth-order valence-corrected chi connectivity index (χ4v) is 2.28. The van der Waals surface area contributed by atoms with Crippen molar-refractivity contribution in [2.75, 3.05) is 11.9 Å². The lowest BCUT2D eigenvalue weighted by molar-refractivity contribution is 0.195. The number of anilines is 2. The molecule has 0 spiro atoms. The predicted molar refractivity (Wildman–Crippen MR) is 67.3 cm³/mol. The summed E-state index contributed by atoms with van der Waals surface area (Å²) in [6, 6.07) is 10.0. The molecule has 1 aromatic carbocycles. The fraction of sp³-hybridized carbons (Fsp3) is 0.250. The minimum absolute atomic E-state index is 0.505. The van der Waals surface area contributed by atoms with E-state index < -0.39 is 6.10 Å². The molecule has 0 aliphatic rings. The van der Waals surface area contributed by atoms with Gasteiger partial charge in [0.15, 0.2) is 5.13 Å². The first-order valence-corrected chi connectivity index (χ1v) is 5.98. The Morgan fingerprint density at radius 1 is 1.31 bits per heavy atom. The molecule has 0 saturated carbocycles. The van der Waals surface area contributed by atoms with E-state index >= 15 is 0 Å². The second kappa shape index (κ2) is 4.63. The second-order valence-corrected chi connectivity index (χ2v) is 4.46. The highest BCUT2D eigenvalue weighted by atomic mass is 32.1. The summed E-state index contributed by atoms with van der Waals surface area (Å²) in [7, 11) is 1.97. The smallest absolute Gasteiger partial charge is 0.189 e. The lowest BCUT2D eigenvalue weighted by Gasteiger charge is -2.15. The minimum Gasteiger partial charge on any atom is -0.387 e. The van der Waals surface area contributed by atoms with Gasteiger partial charge >= 0.3 is 0 Å². The summed E-state index contributed by atoms with van der Waals surface area (Å²) >= 11 is 1.54. The van der Waals surface area contributed by atoms with Gasteiger partial charge in [-0.3, -0.25) is 0 Å². The van der Waals surface area contributed by atoms with E-state index in [1.165, 1.54) is 11.3 Å². The normalized spacial score (nSPS) is 12.4. The molecule has 1 atom stereocenters. The van der Waals surface area contributed by atoms with Crippen LogP contribution < -0.4 is 4.90 Å². The summed E-state index contributed by atoms with van der Waals surface area (Å²) in [5, 5.41) is 12.2. The van der Waals surface area contributed by atoms with Crippen LogP contribution in [0.3, 0.4) is 0 Å². The average molecular weight is 234 g/mol. The summed E-state index contributed by atoms with van der Waals surface area (Å²) in [6.07, 6.45) is -0.505. The third-order valence-corrected chi connectivity index (χ3v) is 3.30. The molecule has 84 valence electrons. The molecule has 1 heterocycles. The van der Waals surface area contributed by atoms with E-state index in [4.69, 9.17) is 0 Å².